The Hall–Kier alpha value is -2.81. The summed E-state index contributed by atoms with van der Waals surface area (Å²) in [6.45, 7) is 6.85. The summed E-state index contributed by atoms with van der Waals surface area (Å²) in [5, 5.41) is 3.04. The molecule has 0 radical (unpaired) electrons. The lowest BCUT2D eigenvalue weighted by atomic mass is 10.0. The number of likely N-dealkylation sites (N-methyl/N-ethyl adjacent to an activating group) is 1. The maximum absolute atomic E-state index is 13.5. The number of ether oxygens (including phenoxy) is 1. The van der Waals surface area contributed by atoms with Gasteiger partial charge in [0.1, 0.15) is 19.3 Å². The van der Waals surface area contributed by atoms with Gasteiger partial charge in [-0.25, -0.2) is 4.57 Å². The highest BCUT2D eigenvalue weighted by atomic mass is 31.2. The molecule has 0 aliphatic heterocycles. The van der Waals surface area contributed by atoms with Crippen molar-refractivity contribution >= 4 is 19.7 Å². The van der Waals surface area contributed by atoms with Gasteiger partial charge in [0.25, 0.3) is 0 Å². The second-order valence-corrected chi connectivity index (χ2v) is 22.6. The number of nitrogens with zero attached hydrogens (tertiary/aromatic N) is 1. The van der Waals surface area contributed by atoms with E-state index in [9.17, 15) is 19.0 Å². The van der Waals surface area contributed by atoms with Crippen LogP contribution in [0.5, 0.6) is 0 Å². The van der Waals surface area contributed by atoms with Crippen LogP contribution in [-0.2, 0) is 27.9 Å². The maximum Gasteiger partial charge on any atom is 0.472 e. The highest BCUT2D eigenvalue weighted by Crippen LogP contribution is 2.43. The molecule has 0 fully saturated rings. The molecule has 0 aromatic heterocycles. The van der Waals surface area contributed by atoms with Gasteiger partial charge in [0.15, 0.2) is 0 Å². The minimum Gasteiger partial charge on any atom is -0.456 e. The van der Waals surface area contributed by atoms with Crippen LogP contribution in [0.25, 0.3) is 0 Å². The number of phosphoric ester groups is 1. The summed E-state index contributed by atoms with van der Waals surface area (Å²) in [6.07, 6.45) is 68.6. The standard InChI is InChI=1S/C63H113N2O7P/c1-7-10-13-16-19-22-25-28-30-31-32-33-34-35-36-37-40-43-46-49-52-55-62(66)64-60(59-71-73(68,69)70-58-57-65(4,5)6)61(54-51-48-45-42-39-27-24-21-18-15-12-9-3)72-63(67)56-53-50-47-44-41-38-29-26-23-20-17-14-11-8-2/h11,14,19-20,22-23,28,30,32-33,35-36,51,54,60-61H,7-10,12-13,15-18,21,24-27,29,31,34,37-50,52-53,55-59H2,1-6H3,(H-,64,66,68,69)/p+1/b14-11+,22-19-,23-20+,30-28-,33-32-,36-35-,54-51-. The van der Waals surface area contributed by atoms with E-state index in [-0.39, 0.29) is 31.5 Å². The van der Waals surface area contributed by atoms with Crippen molar-refractivity contribution < 1.29 is 37.3 Å². The first-order chi connectivity index (χ1) is 35.4. The molecule has 0 aliphatic carbocycles. The molecule has 3 unspecified atom stereocenters. The predicted molar refractivity (Wildman–Crippen MR) is 314 cm³/mol. The molecule has 3 atom stereocenters. The van der Waals surface area contributed by atoms with E-state index in [4.69, 9.17) is 13.8 Å². The lowest BCUT2D eigenvalue weighted by molar-refractivity contribution is -0.870. The van der Waals surface area contributed by atoms with Crippen molar-refractivity contribution in [3.05, 3.63) is 85.1 Å². The maximum atomic E-state index is 13.5. The third-order valence-electron chi connectivity index (χ3n) is 12.8. The highest BCUT2D eigenvalue weighted by molar-refractivity contribution is 7.47. The quantitative estimate of drug-likeness (QED) is 0.0205. The number of allylic oxidation sites excluding steroid dienone is 13. The first-order valence-corrected chi connectivity index (χ1v) is 31.4. The first-order valence-electron chi connectivity index (χ1n) is 29.9. The number of carbonyl (C=O) groups is 2. The number of nitrogens with one attached hydrogen (secondary N) is 1. The number of amides is 1. The summed E-state index contributed by atoms with van der Waals surface area (Å²) in [7, 11) is 1.47. The van der Waals surface area contributed by atoms with Gasteiger partial charge >= 0.3 is 13.8 Å². The van der Waals surface area contributed by atoms with Gasteiger partial charge < -0.3 is 19.4 Å². The smallest absolute Gasteiger partial charge is 0.456 e. The number of unbranched alkanes of at least 4 members (excludes halogenated alkanes) is 25. The summed E-state index contributed by atoms with van der Waals surface area (Å²) in [5.74, 6) is -0.538. The van der Waals surface area contributed by atoms with Crippen molar-refractivity contribution in [3.8, 4) is 0 Å². The van der Waals surface area contributed by atoms with Crippen LogP contribution in [0.3, 0.4) is 0 Å². The topological polar surface area (TPSA) is 111 Å². The third kappa shape index (κ3) is 53.8. The van der Waals surface area contributed by atoms with Crippen molar-refractivity contribution in [3.63, 3.8) is 0 Å². The van der Waals surface area contributed by atoms with E-state index in [1.54, 1.807) is 0 Å². The summed E-state index contributed by atoms with van der Waals surface area (Å²) in [6, 6.07) is -0.865. The summed E-state index contributed by atoms with van der Waals surface area (Å²) in [4.78, 5) is 37.6. The fourth-order valence-corrected chi connectivity index (χ4v) is 8.93. The molecular formula is C63H114N2O7P+. The number of hydrogen-bond acceptors (Lipinski definition) is 6. The van der Waals surface area contributed by atoms with Crippen LogP contribution in [0.15, 0.2) is 85.1 Å². The molecular weight excluding hydrogens is 928 g/mol. The molecule has 0 rings (SSSR count). The van der Waals surface area contributed by atoms with Gasteiger partial charge in [0.2, 0.25) is 5.91 Å². The van der Waals surface area contributed by atoms with E-state index < -0.39 is 20.0 Å². The van der Waals surface area contributed by atoms with E-state index in [1.807, 2.05) is 33.3 Å². The number of rotatable bonds is 53. The van der Waals surface area contributed by atoms with Crippen LogP contribution < -0.4 is 5.32 Å². The van der Waals surface area contributed by atoms with Crippen LogP contribution in [0.4, 0.5) is 0 Å². The molecule has 422 valence electrons. The Morgan fingerprint density at radius 3 is 1.34 bits per heavy atom. The van der Waals surface area contributed by atoms with E-state index in [0.29, 0.717) is 17.4 Å². The number of esters is 1. The molecule has 0 spiro atoms. The minimum absolute atomic E-state index is 0.0313. The molecule has 0 saturated carbocycles. The number of hydrogen-bond donors (Lipinski definition) is 2. The lowest BCUT2D eigenvalue weighted by Crippen LogP contribution is -2.47. The Bertz CT molecular complexity index is 1530. The molecule has 10 heteroatoms. The molecule has 9 nitrogen and oxygen atoms in total. The SMILES string of the molecule is CC/C=C/C/C=C/CCCCCCCCCC(=O)OC(/C=C\CCCCCCCCCCCC)C(COP(=O)(O)OCC[N+](C)(C)C)NC(=O)CCCCCCC/C=C\C/C=C\C/C=C\C/C=C\CCCCC. The predicted octanol–water partition coefficient (Wildman–Crippen LogP) is 18.2. The molecule has 0 saturated heterocycles. The number of quaternary nitrogens is 1. The van der Waals surface area contributed by atoms with E-state index in [2.05, 4.69) is 99.0 Å². The van der Waals surface area contributed by atoms with Gasteiger partial charge in [-0.05, 0) is 102 Å². The molecule has 1 amide bonds. The van der Waals surface area contributed by atoms with Crippen LogP contribution >= 0.6 is 7.82 Å². The van der Waals surface area contributed by atoms with E-state index >= 15 is 0 Å². The zero-order valence-electron chi connectivity index (χ0n) is 48.1. The average molecular weight is 1040 g/mol. The minimum atomic E-state index is -4.46. The Kier molecular flexibility index (Phi) is 50.6. The fraction of sp³-hybridized carbons (Fsp3) is 0.746. The largest absolute Gasteiger partial charge is 0.472 e. The van der Waals surface area contributed by atoms with Crippen LogP contribution in [0.2, 0.25) is 0 Å². The molecule has 0 aliphatic rings. The monoisotopic (exact) mass is 1040 g/mol. The summed E-state index contributed by atoms with van der Waals surface area (Å²) >= 11 is 0. The van der Waals surface area contributed by atoms with Gasteiger partial charge in [-0.2, -0.15) is 0 Å². The van der Waals surface area contributed by atoms with E-state index in [0.717, 1.165) is 122 Å². The average Bonchev–Trinajstić information content (AvgIpc) is 3.35. The van der Waals surface area contributed by atoms with Crippen LogP contribution in [0.1, 0.15) is 252 Å². The van der Waals surface area contributed by atoms with Gasteiger partial charge in [0.05, 0.1) is 33.8 Å². The normalized spacial score (nSPS) is 14.3. The van der Waals surface area contributed by atoms with E-state index in [1.165, 1.54) is 96.3 Å². The van der Waals surface area contributed by atoms with Crippen molar-refractivity contribution in [2.45, 2.75) is 264 Å². The van der Waals surface area contributed by atoms with Crippen LogP contribution in [-0.4, -0.2) is 74.3 Å². The third-order valence-corrected chi connectivity index (χ3v) is 13.8. The fourth-order valence-electron chi connectivity index (χ4n) is 8.20. The van der Waals surface area contributed by atoms with Gasteiger partial charge in [-0.3, -0.25) is 18.6 Å². The van der Waals surface area contributed by atoms with Gasteiger partial charge in [-0.15, -0.1) is 0 Å². The van der Waals surface area contributed by atoms with Crippen molar-refractivity contribution in [1.82, 2.24) is 5.32 Å². The Labute approximate surface area is 450 Å². The van der Waals surface area contributed by atoms with Crippen LogP contribution in [0, 0.1) is 0 Å². The van der Waals surface area contributed by atoms with Crippen molar-refractivity contribution in [2.24, 2.45) is 0 Å². The first kappa shape index (κ1) is 70.2. The zero-order chi connectivity index (χ0) is 53.6. The van der Waals surface area contributed by atoms with Crippen molar-refractivity contribution in [2.75, 3.05) is 40.9 Å². The Morgan fingerprint density at radius 1 is 0.493 bits per heavy atom. The molecule has 0 aromatic rings. The van der Waals surface area contributed by atoms with Gasteiger partial charge in [0, 0.05) is 12.8 Å². The Balaban J connectivity index is 5.32. The second-order valence-electron chi connectivity index (χ2n) is 21.1. The zero-order valence-corrected chi connectivity index (χ0v) is 49.0. The molecule has 0 bridgehead atoms. The Morgan fingerprint density at radius 2 is 0.877 bits per heavy atom. The summed E-state index contributed by atoms with van der Waals surface area (Å²) in [5.41, 5.74) is 0. The second kappa shape index (κ2) is 52.6. The van der Waals surface area contributed by atoms with Crippen molar-refractivity contribution in [1.29, 1.82) is 0 Å². The molecule has 73 heavy (non-hydrogen) atoms. The highest BCUT2D eigenvalue weighted by Gasteiger charge is 2.30. The molecule has 2 N–H and O–H groups in total. The summed E-state index contributed by atoms with van der Waals surface area (Å²) < 4.78 is 30.6. The number of phosphoric acid groups is 1. The lowest BCUT2D eigenvalue weighted by Gasteiger charge is -2.27. The van der Waals surface area contributed by atoms with Gasteiger partial charge in [-0.1, -0.05) is 222 Å². The number of carbonyl (C=O) groups excluding carboxylic acids is 2. The molecule has 0 aromatic carbocycles. The molecule has 0 heterocycles.